The molecule has 0 bridgehead atoms. The number of halogens is 1. The van der Waals surface area contributed by atoms with Crippen molar-refractivity contribution in [1.29, 1.82) is 0 Å². The smallest absolute Gasteiger partial charge is 0.273 e. The van der Waals surface area contributed by atoms with E-state index in [2.05, 4.69) is 26.9 Å². The van der Waals surface area contributed by atoms with Crippen molar-refractivity contribution in [2.45, 2.75) is 18.4 Å². The summed E-state index contributed by atoms with van der Waals surface area (Å²) < 4.78 is 28.1. The molecule has 0 N–H and O–H groups in total. The molecule has 1 aliphatic rings. The van der Waals surface area contributed by atoms with Gasteiger partial charge in [0, 0.05) is 49.2 Å². The molecule has 140 valence electrons. The Morgan fingerprint density at radius 2 is 1.88 bits per heavy atom. The van der Waals surface area contributed by atoms with E-state index in [0.717, 1.165) is 16.4 Å². The van der Waals surface area contributed by atoms with Crippen LogP contribution in [0.2, 0.25) is 0 Å². The van der Waals surface area contributed by atoms with Crippen molar-refractivity contribution < 1.29 is 13.3 Å². The van der Waals surface area contributed by atoms with Gasteiger partial charge in [-0.05, 0) is 41.1 Å². The van der Waals surface area contributed by atoms with E-state index < -0.39 is 14.9 Å². The standard InChI is InChI=1S/C16H18BrN3O4S2/c1-12-2-4-14(10-15(12)20(21)22)26(23,24)19-8-6-18(7-9-19)11-13-3-5-16(17)25-13/h2-5,10H,6-9,11H2,1H3. The van der Waals surface area contributed by atoms with Crippen molar-refractivity contribution in [2.24, 2.45) is 0 Å². The molecule has 0 amide bonds. The van der Waals surface area contributed by atoms with Crippen LogP contribution in [-0.4, -0.2) is 48.7 Å². The summed E-state index contributed by atoms with van der Waals surface area (Å²) in [5.41, 5.74) is 0.272. The highest BCUT2D eigenvalue weighted by Gasteiger charge is 2.30. The summed E-state index contributed by atoms with van der Waals surface area (Å²) in [6.45, 7) is 4.38. The first-order chi connectivity index (χ1) is 12.3. The van der Waals surface area contributed by atoms with E-state index in [-0.39, 0.29) is 10.6 Å². The Labute approximate surface area is 164 Å². The summed E-state index contributed by atoms with van der Waals surface area (Å²) in [5.74, 6) is 0. The van der Waals surface area contributed by atoms with E-state index in [9.17, 15) is 18.5 Å². The van der Waals surface area contributed by atoms with Gasteiger partial charge in [0.2, 0.25) is 10.0 Å². The number of nitro benzene ring substituents is 1. The first-order valence-corrected chi connectivity index (χ1v) is 11.0. The summed E-state index contributed by atoms with van der Waals surface area (Å²) in [6.07, 6.45) is 0. The minimum absolute atomic E-state index is 0.0227. The van der Waals surface area contributed by atoms with Crippen LogP contribution in [0.15, 0.2) is 39.0 Å². The number of thiophene rings is 1. The van der Waals surface area contributed by atoms with Crippen LogP contribution in [0.25, 0.3) is 0 Å². The monoisotopic (exact) mass is 459 g/mol. The van der Waals surface area contributed by atoms with Crippen LogP contribution in [0, 0.1) is 17.0 Å². The van der Waals surface area contributed by atoms with E-state index in [1.165, 1.54) is 21.3 Å². The zero-order valence-corrected chi connectivity index (χ0v) is 17.3. The third-order valence-electron chi connectivity index (χ3n) is 4.35. The summed E-state index contributed by atoms with van der Waals surface area (Å²) in [7, 11) is -3.73. The molecule has 0 radical (unpaired) electrons. The van der Waals surface area contributed by atoms with Crippen LogP contribution < -0.4 is 0 Å². The van der Waals surface area contributed by atoms with E-state index in [0.29, 0.717) is 31.7 Å². The maximum absolute atomic E-state index is 12.8. The van der Waals surface area contributed by atoms with Gasteiger partial charge in [-0.2, -0.15) is 4.31 Å². The Hall–Kier alpha value is -1.33. The summed E-state index contributed by atoms with van der Waals surface area (Å²) in [6, 6.07) is 8.14. The molecule has 0 atom stereocenters. The topological polar surface area (TPSA) is 83.8 Å². The minimum Gasteiger partial charge on any atom is -0.296 e. The van der Waals surface area contributed by atoms with Gasteiger partial charge in [-0.3, -0.25) is 15.0 Å². The zero-order chi connectivity index (χ0) is 18.9. The second kappa shape index (κ2) is 7.73. The van der Waals surface area contributed by atoms with Crippen LogP contribution in [0.5, 0.6) is 0 Å². The number of nitrogens with zero attached hydrogens (tertiary/aromatic N) is 3. The van der Waals surface area contributed by atoms with Crippen LogP contribution >= 0.6 is 27.3 Å². The summed E-state index contributed by atoms with van der Waals surface area (Å²) in [5, 5.41) is 11.1. The van der Waals surface area contributed by atoms with Crippen molar-refractivity contribution >= 4 is 43.0 Å². The number of hydrogen-bond acceptors (Lipinski definition) is 6. The average molecular weight is 460 g/mol. The van der Waals surface area contributed by atoms with Gasteiger partial charge in [-0.15, -0.1) is 11.3 Å². The summed E-state index contributed by atoms with van der Waals surface area (Å²) in [4.78, 5) is 13.9. The van der Waals surface area contributed by atoms with Gasteiger partial charge in [0.15, 0.2) is 0 Å². The van der Waals surface area contributed by atoms with Crippen molar-refractivity contribution in [2.75, 3.05) is 26.2 Å². The number of piperazine rings is 1. The first kappa shape index (κ1) is 19.4. The molecule has 10 heteroatoms. The number of nitro groups is 1. The molecule has 0 aliphatic carbocycles. The van der Waals surface area contributed by atoms with E-state index in [1.807, 2.05) is 6.07 Å². The molecule has 3 rings (SSSR count). The van der Waals surface area contributed by atoms with Gasteiger partial charge in [0.25, 0.3) is 5.69 Å². The van der Waals surface area contributed by atoms with Gasteiger partial charge in [-0.25, -0.2) is 8.42 Å². The van der Waals surface area contributed by atoms with Gasteiger partial charge in [0.05, 0.1) is 13.6 Å². The number of sulfonamides is 1. The van der Waals surface area contributed by atoms with Gasteiger partial charge in [0.1, 0.15) is 0 Å². The third-order valence-corrected chi connectivity index (χ3v) is 7.86. The van der Waals surface area contributed by atoms with Crippen molar-refractivity contribution in [3.05, 3.63) is 54.7 Å². The molecule has 7 nitrogen and oxygen atoms in total. The molecular weight excluding hydrogens is 442 g/mol. The fraction of sp³-hybridized carbons (Fsp3) is 0.375. The second-order valence-electron chi connectivity index (χ2n) is 6.09. The van der Waals surface area contributed by atoms with Gasteiger partial charge >= 0.3 is 0 Å². The minimum atomic E-state index is -3.73. The van der Waals surface area contributed by atoms with Gasteiger partial charge in [-0.1, -0.05) is 6.07 Å². The van der Waals surface area contributed by atoms with Crippen LogP contribution in [-0.2, 0) is 16.6 Å². The van der Waals surface area contributed by atoms with E-state index in [1.54, 1.807) is 18.3 Å². The molecule has 0 spiro atoms. The number of rotatable bonds is 5. The lowest BCUT2D eigenvalue weighted by Crippen LogP contribution is -2.48. The number of hydrogen-bond donors (Lipinski definition) is 0. The fourth-order valence-corrected chi connectivity index (χ4v) is 5.85. The molecule has 0 saturated carbocycles. The molecule has 26 heavy (non-hydrogen) atoms. The normalized spacial score (nSPS) is 16.7. The Morgan fingerprint density at radius 1 is 1.19 bits per heavy atom. The molecule has 1 saturated heterocycles. The highest BCUT2D eigenvalue weighted by Crippen LogP contribution is 2.26. The lowest BCUT2D eigenvalue weighted by Gasteiger charge is -2.33. The van der Waals surface area contributed by atoms with Crippen LogP contribution in [0.1, 0.15) is 10.4 Å². The predicted octanol–water partition coefficient (Wildman–Crippen LogP) is 3.23. The lowest BCUT2D eigenvalue weighted by atomic mass is 10.2. The Balaban J connectivity index is 1.70. The molecule has 2 heterocycles. The van der Waals surface area contributed by atoms with Crippen molar-refractivity contribution in [3.8, 4) is 0 Å². The molecule has 1 aromatic carbocycles. The highest BCUT2D eigenvalue weighted by atomic mass is 79.9. The highest BCUT2D eigenvalue weighted by molar-refractivity contribution is 9.11. The second-order valence-corrected chi connectivity index (χ2v) is 10.6. The summed E-state index contributed by atoms with van der Waals surface area (Å²) >= 11 is 5.11. The Morgan fingerprint density at radius 3 is 2.46 bits per heavy atom. The van der Waals surface area contributed by atoms with Crippen LogP contribution in [0.4, 0.5) is 5.69 Å². The Kier molecular flexibility index (Phi) is 5.78. The molecular formula is C16H18BrN3O4S2. The van der Waals surface area contributed by atoms with Gasteiger partial charge < -0.3 is 0 Å². The van der Waals surface area contributed by atoms with E-state index >= 15 is 0 Å². The maximum Gasteiger partial charge on any atom is 0.273 e. The largest absolute Gasteiger partial charge is 0.296 e. The zero-order valence-electron chi connectivity index (χ0n) is 14.1. The lowest BCUT2D eigenvalue weighted by molar-refractivity contribution is -0.385. The molecule has 1 aromatic heterocycles. The van der Waals surface area contributed by atoms with E-state index in [4.69, 9.17) is 0 Å². The average Bonchev–Trinajstić information content (AvgIpc) is 3.00. The number of benzene rings is 1. The SMILES string of the molecule is Cc1ccc(S(=O)(=O)N2CCN(Cc3ccc(Br)s3)CC2)cc1[N+](=O)[O-]. The maximum atomic E-state index is 12.8. The molecule has 1 fully saturated rings. The first-order valence-electron chi connectivity index (χ1n) is 7.99. The number of aryl methyl sites for hydroxylation is 1. The predicted molar refractivity (Wildman–Crippen MR) is 104 cm³/mol. The van der Waals surface area contributed by atoms with Crippen molar-refractivity contribution in [3.63, 3.8) is 0 Å². The molecule has 0 unspecified atom stereocenters. The molecule has 1 aliphatic heterocycles. The molecule has 2 aromatic rings. The third kappa shape index (κ3) is 4.15. The quantitative estimate of drug-likeness (QED) is 0.506. The fourth-order valence-electron chi connectivity index (χ4n) is 2.88. The van der Waals surface area contributed by atoms with Crippen LogP contribution in [0.3, 0.4) is 0 Å². The Bertz CT molecular complexity index is 921. The van der Waals surface area contributed by atoms with Crippen molar-refractivity contribution in [1.82, 2.24) is 9.21 Å².